The number of carbonyl (C=O) groups is 3. The average Bonchev–Trinajstić information content (AvgIpc) is 2.63. The Morgan fingerprint density at radius 2 is 1.08 bits per heavy atom. The van der Waals surface area contributed by atoms with Crippen molar-refractivity contribution in [3.63, 3.8) is 0 Å². The van der Waals surface area contributed by atoms with Gasteiger partial charge in [-0.2, -0.15) is 0 Å². The summed E-state index contributed by atoms with van der Waals surface area (Å²) in [6.07, 6.45) is 0.947. The normalized spacial score (nSPS) is 13.2. The molecule has 0 bridgehead atoms. The first-order valence-corrected chi connectivity index (χ1v) is 12.9. The molecule has 0 aromatic heterocycles. The number of hydrogen-bond donors (Lipinski definition) is 3. The van der Waals surface area contributed by atoms with E-state index in [1.807, 2.05) is 0 Å². The summed E-state index contributed by atoms with van der Waals surface area (Å²) in [7, 11) is 0. The van der Waals surface area contributed by atoms with Crippen molar-refractivity contribution in [2.45, 2.75) is 45.0 Å². The maximum atomic E-state index is 12.0. The van der Waals surface area contributed by atoms with E-state index in [9.17, 15) is 14.4 Å². The van der Waals surface area contributed by atoms with Crippen molar-refractivity contribution in [3.05, 3.63) is 0 Å². The molecule has 0 saturated carbocycles. The molecule has 146 valence electrons. The third-order valence-electron chi connectivity index (χ3n) is 2.92. The van der Waals surface area contributed by atoms with Crippen molar-refractivity contribution in [2.24, 2.45) is 15.5 Å². The van der Waals surface area contributed by atoms with Crippen LogP contribution in [-0.4, -0.2) is 70.3 Å². The molecule has 0 spiro atoms. The summed E-state index contributed by atoms with van der Waals surface area (Å²) in [6.45, 7) is 5.18. The van der Waals surface area contributed by atoms with Crippen molar-refractivity contribution in [2.75, 3.05) is 0 Å². The molecule has 0 amide bonds. The van der Waals surface area contributed by atoms with E-state index >= 15 is 0 Å². The molecule has 0 aliphatic heterocycles. The standard InChI is InChI=1S/C4H9.3C3H5NO3.Sn/c1-3-4-2;3*1-2(4-7)3(5)6;/h1,3-4H2,2H3;3*7H,1H3,(H,5,6);/q;;;;+3/p-3/b;3*4-2+;. The van der Waals surface area contributed by atoms with Crippen molar-refractivity contribution < 1.29 is 39.2 Å². The molecule has 3 N–H and O–H groups in total. The fraction of sp³-hybridized carbons (Fsp3) is 0.538. The molecule has 13 heteroatoms. The zero-order valence-corrected chi connectivity index (χ0v) is 17.6. The van der Waals surface area contributed by atoms with Crippen LogP contribution in [0.25, 0.3) is 0 Å². The fourth-order valence-electron chi connectivity index (χ4n) is 1.38. The van der Waals surface area contributed by atoms with E-state index in [0.717, 1.165) is 20.8 Å². The van der Waals surface area contributed by atoms with Crippen molar-refractivity contribution >= 4 is 54.7 Å². The number of unbranched alkanes of at least 4 members (excludes halogenated alkanes) is 1. The zero-order chi connectivity index (χ0) is 20.3. The van der Waals surface area contributed by atoms with Gasteiger partial charge in [-0.25, -0.2) is 0 Å². The Balaban J connectivity index is 5.94. The van der Waals surface area contributed by atoms with E-state index in [1.54, 1.807) is 6.92 Å². The first-order chi connectivity index (χ1) is 12.2. The molecule has 0 rings (SSSR count). The molecule has 0 unspecified atom stereocenters. The van der Waals surface area contributed by atoms with Crippen LogP contribution in [0.4, 0.5) is 0 Å². The molecule has 0 aliphatic carbocycles. The topological polar surface area (TPSA) is 177 Å². The Kier molecular flexibility index (Phi) is 10.2. The van der Waals surface area contributed by atoms with Gasteiger partial charge in [-0.05, 0) is 0 Å². The van der Waals surface area contributed by atoms with Crippen LogP contribution in [0.3, 0.4) is 0 Å². The second-order valence-corrected chi connectivity index (χ2v) is 12.1. The number of oxime groups is 3. The maximum absolute atomic E-state index is 12.0. The molecule has 0 fully saturated rings. The van der Waals surface area contributed by atoms with Gasteiger partial charge in [-0.1, -0.05) is 0 Å². The SMILES string of the molecule is CCC[CH2][Sn]([O]C(=O)/C(C)=N/O)([O]C(=O)/C(C)=N/O)[O]C(=O)/C(C)=N/O. The first kappa shape index (κ1) is 23.6. The van der Waals surface area contributed by atoms with Crippen molar-refractivity contribution in [1.29, 1.82) is 0 Å². The Labute approximate surface area is 154 Å². The van der Waals surface area contributed by atoms with E-state index in [0.29, 0.717) is 12.8 Å². The van der Waals surface area contributed by atoms with Gasteiger partial charge in [0, 0.05) is 0 Å². The summed E-state index contributed by atoms with van der Waals surface area (Å²) < 4.78 is 15.4. The summed E-state index contributed by atoms with van der Waals surface area (Å²) in [4.78, 5) is 36.0. The predicted molar refractivity (Wildman–Crippen MR) is 88.4 cm³/mol. The third kappa shape index (κ3) is 7.24. The number of hydrogen-bond acceptors (Lipinski definition) is 12. The second-order valence-electron chi connectivity index (χ2n) is 5.01. The minimum atomic E-state index is -5.29. The minimum absolute atomic E-state index is 0.0788. The van der Waals surface area contributed by atoms with Crippen LogP contribution in [0.15, 0.2) is 15.5 Å². The molecule has 0 aromatic rings. The van der Waals surface area contributed by atoms with Crippen LogP contribution in [0.2, 0.25) is 4.44 Å². The molecule has 0 heterocycles. The summed E-state index contributed by atoms with van der Waals surface area (Å²) in [5.41, 5.74) is -1.39. The van der Waals surface area contributed by atoms with E-state index in [4.69, 9.17) is 24.8 Å². The molecule has 0 aliphatic rings. The van der Waals surface area contributed by atoms with Crippen molar-refractivity contribution in [1.82, 2.24) is 0 Å². The van der Waals surface area contributed by atoms with Crippen LogP contribution >= 0.6 is 0 Å². The van der Waals surface area contributed by atoms with Gasteiger partial charge >= 0.3 is 154 Å². The van der Waals surface area contributed by atoms with Gasteiger partial charge in [0.05, 0.1) is 0 Å². The van der Waals surface area contributed by atoms with Crippen molar-refractivity contribution in [3.8, 4) is 0 Å². The van der Waals surface area contributed by atoms with E-state index in [2.05, 4.69) is 15.5 Å². The summed E-state index contributed by atoms with van der Waals surface area (Å²) >= 11 is -5.29. The molecule has 0 atom stereocenters. The number of nitrogens with zero attached hydrogens (tertiary/aromatic N) is 3. The van der Waals surface area contributed by atoms with Crippen LogP contribution in [0, 0.1) is 0 Å². The first-order valence-electron chi connectivity index (χ1n) is 7.42. The fourth-order valence-corrected chi connectivity index (χ4v) is 8.54. The van der Waals surface area contributed by atoms with Gasteiger partial charge in [-0.15, -0.1) is 0 Å². The Morgan fingerprint density at radius 3 is 1.31 bits per heavy atom. The molecule has 0 radical (unpaired) electrons. The Bertz CT molecular complexity index is 552. The second kappa shape index (κ2) is 11.3. The van der Waals surface area contributed by atoms with Gasteiger partial charge < -0.3 is 0 Å². The summed E-state index contributed by atoms with van der Waals surface area (Å²) in [6, 6.07) is 0. The number of carbonyl (C=O) groups excluding carboxylic acids is 3. The van der Waals surface area contributed by atoms with Crippen LogP contribution < -0.4 is 0 Å². The van der Waals surface area contributed by atoms with Crippen LogP contribution in [0.5, 0.6) is 0 Å². The summed E-state index contributed by atoms with van der Waals surface area (Å²) in [5, 5.41) is 34.1. The molecule has 12 nitrogen and oxygen atoms in total. The van der Waals surface area contributed by atoms with Gasteiger partial charge in [0.25, 0.3) is 0 Å². The molecule has 0 aromatic carbocycles. The van der Waals surface area contributed by atoms with Gasteiger partial charge in [0.15, 0.2) is 0 Å². The molecule has 26 heavy (non-hydrogen) atoms. The van der Waals surface area contributed by atoms with Gasteiger partial charge in [0.2, 0.25) is 0 Å². The van der Waals surface area contributed by atoms with Crippen LogP contribution in [0.1, 0.15) is 40.5 Å². The number of rotatable bonds is 9. The summed E-state index contributed by atoms with van der Waals surface area (Å²) in [5.74, 6) is -3.47. The monoisotopic (exact) mass is 483 g/mol. The zero-order valence-electron chi connectivity index (χ0n) is 14.8. The molecule has 0 saturated heterocycles. The molecular weight excluding hydrogens is 461 g/mol. The Hall–Kier alpha value is -2.38. The Morgan fingerprint density at radius 1 is 0.769 bits per heavy atom. The average molecular weight is 482 g/mol. The van der Waals surface area contributed by atoms with Crippen LogP contribution in [-0.2, 0) is 23.6 Å². The van der Waals surface area contributed by atoms with E-state index in [1.165, 1.54) is 0 Å². The van der Waals surface area contributed by atoms with Gasteiger partial charge in [-0.3, -0.25) is 0 Å². The van der Waals surface area contributed by atoms with Gasteiger partial charge in [0.1, 0.15) is 0 Å². The molecular formula is C13H21N3O9Sn. The quantitative estimate of drug-likeness (QED) is 0.187. The predicted octanol–water partition coefficient (Wildman–Crippen LogP) is 0.905. The van der Waals surface area contributed by atoms with E-state index in [-0.39, 0.29) is 4.44 Å². The van der Waals surface area contributed by atoms with E-state index < -0.39 is 54.7 Å². The third-order valence-corrected chi connectivity index (χ3v) is 9.92.